The van der Waals surface area contributed by atoms with Gasteiger partial charge in [-0.2, -0.15) is 22.0 Å². The molecule has 2 aromatic carbocycles. The Balaban J connectivity index is 1.53. The van der Waals surface area contributed by atoms with E-state index in [0.29, 0.717) is 26.6 Å². The zero-order chi connectivity index (χ0) is 29.2. The Kier molecular flexibility index (Phi) is 6.63. The van der Waals surface area contributed by atoms with Crippen LogP contribution in [0.25, 0.3) is 0 Å². The number of aromatic nitrogens is 3. The smallest absolute Gasteiger partial charge is 0.366 e. The van der Waals surface area contributed by atoms with Gasteiger partial charge in [-0.1, -0.05) is 12.1 Å². The minimum Gasteiger partial charge on any atom is -0.366 e. The fourth-order valence-electron chi connectivity index (χ4n) is 5.47. The Morgan fingerprint density at radius 2 is 1.70 bits per heavy atom. The van der Waals surface area contributed by atoms with Gasteiger partial charge in [0.2, 0.25) is 11.5 Å². The lowest BCUT2D eigenvalue weighted by atomic mass is 9.90. The van der Waals surface area contributed by atoms with E-state index in [-0.39, 0.29) is 28.5 Å². The van der Waals surface area contributed by atoms with E-state index >= 15 is 13.2 Å². The number of anilines is 2. The molecule has 0 unspecified atom stereocenters. The second-order valence-corrected chi connectivity index (χ2v) is 10.6. The first-order valence-electron chi connectivity index (χ1n) is 12.7. The van der Waals surface area contributed by atoms with Crippen LogP contribution in [0.2, 0.25) is 0 Å². The highest BCUT2D eigenvalue weighted by Crippen LogP contribution is 2.48. The van der Waals surface area contributed by atoms with Crippen LogP contribution in [0.1, 0.15) is 46.7 Å². The van der Waals surface area contributed by atoms with Crippen LogP contribution >= 0.6 is 0 Å². The van der Waals surface area contributed by atoms with Crippen LogP contribution in [0, 0.1) is 0 Å². The maximum Gasteiger partial charge on any atom is 0.416 e. The van der Waals surface area contributed by atoms with E-state index in [2.05, 4.69) is 15.1 Å². The van der Waals surface area contributed by atoms with E-state index in [0.717, 1.165) is 34.0 Å². The van der Waals surface area contributed by atoms with Crippen LogP contribution < -0.4 is 9.80 Å². The summed E-state index contributed by atoms with van der Waals surface area (Å²) in [5.41, 5.74) is -4.71. The SMILES string of the molecule is C[C@H]1CN(C)CCN1c1cc2c(c(C(F)(F)F)c1)CN(c1cccc([C@@](C)(F)C(F)(F)c3nncn3C)c1)C2=O. The third-order valence-electron chi connectivity index (χ3n) is 7.78. The number of benzene rings is 2. The van der Waals surface area contributed by atoms with Crippen molar-refractivity contribution in [1.29, 1.82) is 0 Å². The average Bonchev–Trinajstić information content (AvgIpc) is 3.46. The highest BCUT2D eigenvalue weighted by molar-refractivity contribution is 6.11. The molecule has 0 aliphatic carbocycles. The summed E-state index contributed by atoms with van der Waals surface area (Å²) in [5, 5.41) is 6.75. The first kappa shape index (κ1) is 27.9. The summed E-state index contributed by atoms with van der Waals surface area (Å²) in [5.74, 6) is -5.72. The van der Waals surface area contributed by atoms with Crippen molar-refractivity contribution in [3.8, 4) is 0 Å². The zero-order valence-electron chi connectivity index (χ0n) is 22.3. The molecule has 214 valence electrons. The van der Waals surface area contributed by atoms with Crippen molar-refractivity contribution in [3.63, 3.8) is 0 Å². The summed E-state index contributed by atoms with van der Waals surface area (Å²) in [7, 11) is 3.18. The Hall–Kier alpha value is -3.61. The van der Waals surface area contributed by atoms with Gasteiger partial charge in [-0.15, -0.1) is 10.2 Å². The summed E-state index contributed by atoms with van der Waals surface area (Å²) in [6, 6.07) is 7.29. The van der Waals surface area contributed by atoms with Gasteiger partial charge in [0, 0.05) is 49.7 Å². The highest BCUT2D eigenvalue weighted by atomic mass is 19.4. The fraction of sp³-hybridized carbons (Fsp3) is 0.444. The van der Waals surface area contributed by atoms with Gasteiger partial charge >= 0.3 is 12.1 Å². The Morgan fingerprint density at radius 3 is 2.33 bits per heavy atom. The number of likely N-dealkylation sites (N-methyl/N-ethyl adjacent to an activating group) is 1. The number of nitrogens with zero attached hydrogens (tertiary/aromatic N) is 6. The summed E-state index contributed by atoms with van der Waals surface area (Å²) >= 11 is 0. The normalized spacial score (nSPS) is 20.1. The fourth-order valence-corrected chi connectivity index (χ4v) is 5.47. The first-order valence-corrected chi connectivity index (χ1v) is 12.7. The molecule has 3 heterocycles. The Morgan fingerprint density at radius 1 is 0.975 bits per heavy atom. The molecule has 3 aromatic rings. The molecule has 13 heteroatoms. The molecule has 0 bridgehead atoms. The molecule has 0 N–H and O–H groups in total. The van der Waals surface area contributed by atoms with E-state index in [9.17, 15) is 18.0 Å². The number of hydrogen-bond donors (Lipinski definition) is 0. The van der Waals surface area contributed by atoms with E-state index in [1.54, 1.807) is 0 Å². The Bertz CT molecular complexity index is 1450. The molecular weight excluding hydrogens is 538 g/mol. The summed E-state index contributed by atoms with van der Waals surface area (Å²) < 4.78 is 89.9. The van der Waals surface area contributed by atoms with E-state index in [1.807, 2.05) is 18.9 Å². The predicted octanol–water partition coefficient (Wildman–Crippen LogP) is 5.11. The van der Waals surface area contributed by atoms with Gasteiger partial charge in [0.15, 0.2) is 0 Å². The summed E-state index contributed by atoms with van der Waals surface area (Å²) in [6.07, 6.45) is -3.71. The molecule has 0 spiro atoms. The van der Waals surface area contributed by atoms with Gasteiger partial charge < -0.3 is 19.3 Å². The third-order valence-corrected chi connectivity index (χ3v) is 7.78. The van der Waals surface area contributed by atoms with Gasteiger partial charge in [0.1, 0.15) is 6.33 Å². The number of rotatable bonds is 5. The minimum absolute atomic E-state index is 0.000944. The van der Waals surface area contributed by atoms with E-state index in [4.69, 9.17) is 0 Å². The lowest BCUT2D eigenvalue weighted by molar-refractivity contribution is -0.149. The number of amides is 1. The van der Waals surface area contributed by atoms with Gasteiger partial charge in [0.25, 0.3) is 5.91 Å². The van der Waals surface area contributed by atoms with Crippen molar-refractivity contribution < 1.29 is 31.1 Å². The lowest BCUT2D eigenvalue weighted by Crippen LogP contribution is -2.50. The molecule has 7 nitrogen and oxygen atoms in total. The van der Waals surface area contributed by atoms with Gasteiger partial charge in [0.05, 0.1) is 12.1 Å². The summed E-state index contributed by atoms with van der Waals surface area (Å²) in [6.45, 7) is 3.94. The average molecular weight is 567 g/mol. The quantitative estimate of drug-likeness (QED) is 0.402. The largest absolute Gasteiger partial charge is 0.416 e. The van der Waals surface area contributed by atoms with E-state index < -0.39 is 47.2 Å². The summed E-state index contributed by atoms with van der Waals surface area (Å²) in [4.78, 5) is 18.5. The van der Waals surface area contributed by atoms with Crippen molar-refractivity contribution in [2.45, 2.75) is 44.2 Å². The van der Waals surface area contributed by atoms with Crippen molar-refractivity contribution in [2.75, 3.05) is 36.5 Å². The number of carbonyl (C=O) groups excluding carboxylic acids is 1. The van der Waals surface area contributed by atoms with Crippen molar-refractivity contribution in [2.24, 2.45) is 7.05 Å². The lowest BCUT2D eigenvalue weighted by Gasteiger charge is -2.40. The third kappa shape index (κ3) is 4.49. The van der Waals surface area contributed by atoms with Crippen LogP contribution in [-0.4, -0.2) is 58.3 Å². The monoisotopic (exact) mass is 566 g/mol. The topological polar surface area (TPSA) is 57.5 Å². The van der Waals surface area contributed by atoms with E-state index in [1.165, 1.54) is 25.2 Å². The molecule has 40 heavy (non-hydrogen) atoms. The molecule has 0 radical (unpaired) electrons. The maximum atomic E-state index is 15.8. The number of halogens is 6. The van der Waals surface area contributed by atoms with Crippen LogP contribution in [0.4, 0.5) is 37.7 Å². The van der Waals surface area contributed by atoms with Crippen LogP contribution in [-0.2, 0) is 31.4 Å². The van der Waals surface area contributed by atoms with Gasteiger partial charge in [-0.25, -0.2) is 4.39 Å². The minimum atomic E-state index is -4.73. The van der Waals surface area contributed by atoms with Crippen molar-refractivity contribution in [3.05, 3.63) is 70.8 Å². The predicted molar refractivity (Wildman–Crippen MR) is 136 cm³/mol. The van der Waals surface area contributed by atoms with Crippen molar-refractivity contribution >= 4 is 17.3 Å². The van der Waals surface area contributed by atoms with Gasteiger partial charge in [-0.3, -0.25) is 4.79 Å². The molecular formula is C27H28F6N6O. The molecule has 2 aliphatic heterocycles. The number of fused-ring (bicyclic) bond motifs is 1. The van der Waals surface area contributed by atoms with Crippen LogP contribution in [0.15, 0.2) is 42.7 Å². The maximum absolute atomic E-state index is 15.8. The molecule has 1 amide bonds. The van der Waals surface area contributed by atoms with Gasteiger partial charge in [-0.05, 0) is 56.3 Å². The van der Waals surface area contributed by atoms with Crippen molar-refractivity contribution in [1.82, 2.24) is 19.7 Å². The standard InChI is InChI=1S/C27H28F6N6O/c1-16-13-36(3)8-9-38(16)19-11-20-21(22(12-19)27(31,32)33)14-39(23(20)40)18-7-5-6-17(10-18)25(2,28)26(29,30)24-35-34-15-37(24)4/h5-7,10-12,15-16H,8-9,13-14H2,1-4H3/t16-,25+/m0/s1. The Labute approximate surface area is 227 Å². The number of hydrogen-bond acceptors (Lipinski definition) is 5. The molecule has 1 aromatic heterocycles. The number of alkyl halides is 6. The van der Waals surface area contributed by atoms with Crippen LogP contribution in [0.3, 0.4) is 0 Å². The molecule has 0 saturated carbocycles. The molecule has 2 atom stereocenters. The van der Waals surface area contributed by atoms with Crippen LogP contribution in [0.5, 0.6) is 0 Å². The second-order valence-electron chi connectivity index (χ2n) is 10.6. The highest BCUT2D eigenvalue weighted by Gasteiger charge is 2.57. The molecule has 2 aliphatic rings. The molecule has 1 fully saturated rings. The second kappa shape index (κ2) is 9.50. The number of carbonyl (C=O) groups is 1. The molecule has 5 rings (SSSR count). The number of piperazine rings is 1. The zero-order valence-corrected chi connectivity index (χ0v) is 22.3. The number of aryl methyl sites for hydroxylation is 1. The first-order chi connectivity index (χ1) is 18.6. The molecule has 1 saturated heterocycles.